The van der Waals surface area contributed by atoms with Crippen LogP contribution in [0.1, 0.15) is 21.6 Å². The Morgan fingerprint density at radius 3 is 2.56 bits per heavy atom. The zero-order chi connectivity index (χ0) is 25.2. The molecule has 36 heavy (non-hydrogen) atoms. The van der Waals surface area contributed by atoms with E-state index in [9.17, 15) is 18.8 Å². The number of aromatic amines is 1. The van der Waals surface area contributed by atoms with Crippen LogP contribution in [0, 0.1) is 5.82 Å². The number of anilines is 1. The van der Waals surface area contributed by atoms with Gasteiger partial charge < -0.3 is 14.5 Å². The van der Waals surface area contributed by atoms with Crippen LogP contribution >= 0.6 is 0 Å². The summed E-state index contributed by atoms with van der Waals surface area (Å²) in [5, 5.41) is 7.85. The van der Waals surface area contributed by atoms with Crippen molar-refractivity contribution in [2.75, 3.05) is 31.6 Å². The van der Waals surface area contributed by atoms with Crippen LogP contribution in [0.25, 0.3) is 10.8 Å². The third-order valence-electron chi connectivity index (χ3n) is 6.29. The lowest BCUT2D eigenvalue weighted by Crippen LogP contribution is -2.52. The Kier molecular flexibility index (Phi) is 6.20. The average molecular weight is 487 g/mol. The van der Waals surface area contributed by atoms with Crippen LogP contribution < -0.4 is 15.2 Å². The van der Waals surface area contributed by atoms with E-state index in [2.05, 4.69) is 10.2 Å². The number of aromatic nitrogens is 2. The molecule has 5 rings (SSSR count). The van der Waals surface area contributed by atoms with Gasteiger partial charge >= 0.3 is 0 Å². The number of carbonyl (C=O) groups excluding carboxylic acids is 2. The molecule has 1 N–H and O–H groups in total. The van der Waals surface area contributed by atoms with Crippen molar-refractivity contribution in [1.29, 1.82) is 0 Å². The summed E-state index contributed by atoms with van der Waals surface area (Å²) in [5.74, 6) is -0.934. The molecule has 0 aliphatic carbocycles. The van der Waals surface area contributed by atoms with Crippen molar-refractivity contribution in [3.63, 3.8) is 0 Å². The van der Waals surface area contributed by atoms with Crippen molar-refractivity contribution in [3.05, 3.63) is 99.7 Å². The largest absolute Gasteiger partial charge is 0.495 e. The summed E-state index contributed by atoms with van der Waals surface area (Å²) < 4.78 is 20.1. The van der Waals surface area contributed by atoms with Crippen LogP contribution in [0.15, 0.2) is 71.5 Å². The standard InChI is InChI=1S/C27H23FN4O4/c1-36-24-9-5-4-8-23(24)32-13-12-31(16-25(32)33)27(35)20-14-17(10-11-21(20)28)15-22-18-6-2-3-7-19(18)26(34)30-29-22/h2-11,14H,12-13,15-16H2,1H3,(H,30,34). The number of ether oxygens (including phenoxy) is 1. The number of amides is 2. The van der Waals surface area contributed by atoms with Crippen LogP contribution in [0.4, 0.5) is 10.1 Å². The van der Waals surface area contributed by atoms with Crippen molar-refractivity contribution in [3.8, 4) is 5.75 Å². The highest BCUT2D eigenvalue weighted by atomic mass is 19.1. The number of halogens is 1. The van der Waals surface area contributed by atoms with E-state index in [1.807, 2.05) is 18.2 Å². The highest BCUT2D eigenvalue weighted by molar-refractivity contribution is 6.02. The van der Waals surface area contributed by atoms with Crippen molar-refractivity contribution < 1.29 is 18.7 Å². The lowest BCUT2D eigenvalue weighted by Gasteiger charge is -2.35. The van der Waals surface area contributed by atoms with Crippen LogP contribution in [0.2, 0.25) is 0 Å². The van der Waals surface area contributed by atoms with Crippen molar-refractivity contribution in [2.24, 2.45) is 0 Å². The number of nitrogens with zero attached hydrogens (tertiary/aromatic N) is 3. The topological polar surface area (TPSA) is 95.6 Å². The summed E-state index contributed by atoms with van der Waals surface area (Å²) in [5.41, 5.74) is 1.49. The average Bonchev–Trinajstić information content (AvgIpc) is 2.91. The molecule has 0 saturated carbocycles. The fourth-order valence-corrected chi connectivity index (χ4v) is 4.47. The third-order valence-corrected chi connectivity index (χ3v) is 6.29. The number of benzene rings is 3. The van der Waals surface area contributed by atoms with E-state index >= 15 is 0 Å². The van der Waals surface area contributed by atoms with Gasteiger partial charge in [-0.3, -0.25) is 14.4 Å². The fraction of sp³-hybridized carbons (Fsp3) is 0.185. The van der Waals surface area contributed by atoms with Crippen molar-refractivity contribution >= 4 is 28.3 Å². The minimum Gasteiger partial charge on any atom is -0.495 e. The number of hydrogen-bond acceptors (Lipinski definition) is 5. The zero-order valence-corrected chi connectivity index (χ0v) is 19.5. The smallest absolute Gasteiger partial charge is 0.272 e. The summed E-state index contributed by atoms with van der Waals surface area (Å²) >= 11 is 0. The molecule has 2 amide bonds. The van der Waals surface area contributed by atoms with E-state index in [0.717, 1.165) is 0 Å². The van der Waals surface area contributed by atoms with E-state index in [1.165, 1.54) is 24.1 Å². The molecule has 1 saturated heterocycles. The molecular weight excluding hydrogens is 463 g/mol. The number of H-pyrrole nitrogens is 1. The number of methoxy groups -OCH3 is 1. The second-order valence-electron chi connectivity index (χ2n) is 8.48. The zero-order valence-electron chi connectivity index (χ0n) is 19.5. The molecule has 0 spiro atoms. The first-order chi connectivity index (χ1) is 17.5. The number of nitrogens with one attached hydrogen (secondary N) is 1. The van der Waals surface area contributed by atoms with E-state index in [1.54, 1.807) is 41.3 Å². The number of piperazine rings is 1. The van der Waals surface area contributed by atoms with E-state index in [4.69, 9.17) is 4.74 Å². The van der Waals surface area contributed by atoms with Gasteiger partial charge in [0.25, 0.3) is 11.5 Å². The van der Waals surface area contributed by atoms with Gasteiger partial charge in [0.05, 0.1) is 29.4 Å². The van der Waals surface area contributed by atoms with Gasteiger partial charge in [-0.05, 0) is 35.9 Å². The molecule has 0 radical (unpaired) electrons. The van der Waals surface area contributed by atoms with Crippen molar-refractivity contribution in [1.82, 2.24) is 15.1 Å². The maximum absolute atomic E-state index is 14.7. The summed E-state index contributed by atoms with van der Waals surface area (Å²) in [4.78, 5) is 41.1. The summed E-state index contributed by atoms with van der Waals surface area (Å²) in [6, 6.07) is 18.6. The monoisotopic (exact) mass is 486 g/mol. The number of hydrogen-bond donors (Lipinski definition) is 1. The normalized spacial score (nSPS) is 13.8. The van der Waals surface area contributed by atoms with Gasteiger partial charge in [-0.2, -0.15) is 5.10 Å². The van der Waals surface area contributed by atoms with Gasteiger partial charge in [-0.25, -0.2) is 9.49 Å². The predicted molar refractivity (Wildman–Crippen MR) is 133 cm³/mol. The number of para-hydroxylation sites is 2. The van der Waals surface area contributed by atoms with Crippen LogP contribution in [-0.4, -0.2) is 53.7 Å². The number of carbonyl (C=O) groups is 2. The lowest BCUT2D eigenvalue weighted by atomic mass is 10.0. The Hall–Kier alpha value is -4.53. The van der Waals surface area contributed by atoms with Crippen LogP contribution in [0.5, 0.6) is 5.75 Å². The highest BCUT2D eigenvalue weighted by Gasteiger charge is 2.31. The van der Waals surface area contributed by atoms with Gasteiger partial charge in [0.2, 0.25) is 5.91 Å². The molecular formula is C27H23FN4O4. The minimum absolute atomic E-state index is 0.111. The van der Waals surface area contributed by atoms with Crippen LogP contribution in [0.3, 0.4) is 0 Å². The molecule has 2 heterocycles. The predicted octanol–water partition coefficient (Wildman–Crippen LogP) is 3.15. The second-order valence-corrected chi connectivity index (χ2v) is 8.48. The van der Waals surface area contributed by atoms with Gasteiger partial charge in [-0.1, -0.05) is 36.4 Å². The molecule has 0 bridgehead atoms. The van der Waals surface area contributed by atoms with E-state index in [0.29, 0.717) is 39.9 Å². The Morgan fingerprint density at radius 2 is 1.78 bits per heavy atom. The number of fused-ring (bicyclic) bond motifs is 1. The molecule has 182 valence electrons. The molecule has 1 fully saturated rings. The molecule has 0 unspecified atom stereocenters. The first-order valence-electron chi connectivity index (χ1n) is 11.4. The fourth-order valence-electron chi connectivity index (χ4n) is 4.47. The lowest BCUT2D eigenvalue weighted by molar-refractivity contribution is -0.120. The second kappa shape index (κ2) is 9.61. The third kappa shape index (κ3) is 4.31. The Morgan fingerprint density at radius 1 is 1.03 bits per heavy atom. The van der Waals surface area contributed by atoms with Crippen molar-refractivity contribution in [2.45, 2.75) is 6.42 Å². The molecule has 0 atom stereocenters. The molecule has 1 aromatic heterocycles. The first-order valence-corrected chi connectivity index (χ1v) is 11.4. The first kappa shape index (κ1) is 23.2. The molecule has 1 aliphatic rings. The Bertz CT molecular complexity index is 1530. The molecule has 1 aliphatic heterocycles. The number of rotatable bonds is 5. The van der Waals surface area contributed by atoms with Gasteiger partial charge in [0.1, 0.15) is 18.1 Å². The maximum Gasteiger partial charge on any atom is 0.272 e. The van der Waals surface area contributed by atoms with Crippen LogP contribution in [-0.2, 0) is 11.2 Å². The van der Waals surface area contributed by atoms with E-state index in [-0.39, 0.29) is 36.7 Å². The molecule has 4 aromatic rings. The quantitative estimate of drug-likeness (QED) is 0.468. The Labute approximate surface area is 205 Å². The van der Waals surface area contributed by atoms with E-state index < -0.39 is 11.7 Å². The van der Waals surface area contributed by atoms with Gasteiger partial charge in [0, 0.05) is 24.9 Å². The van der Waals surface area contributed by atoms with Gasteiger partial charge in [0.15, 0.2) is 0 Å². The summed E-state index contributed by atoms with van der Waals surface area (Å²) in [6.45, 7) is 0.338. The minimum atomic E-state index is -0.664. The Balaban J connectivity index is 1.37. The highest BCUT2D eigenvalue weighted by Crippen LogP contribution is 2.29. The molecule has 3 aromatic carbocycles. The summed E-state index contributed by atoms with van der Waals surface area (Å²) in [6.07, 6.45) is 0.290. The molecule has 8 nitrogen and oxygen atoms in total. The molecule has 9 heteroatoms. The maximum atomic E-state index is 14.7. The van der Waals surface area contributed by atoms with Gasteiger partial charge in [-0.15, -0.1) is 0 Å². The SMILES string of the molecule is COc1ccccc1N1CCN(C(=O)c2cc(Cc3n[nH]c(=O)c4ccccc34)ccc2F)CC1=O. The summed E-state index contributed by atoms with van der Waals surface area (Å²) in [7, 11) is 1.53.